The molecule has 120 valence electrons. The van der Waals surface area contributed by atoms with Gasteiger partial charge in [0.2, 0.25) is 5.91 Å². The van der Waals surface area contributed by atoms with Crippen molar-refractivity contribution in [1.29, 1.82) is 0 Å². The maximum atomic E-state index is 12.3. The van der Waals surface area contributed by atoms with E-state index in [2.05, 4.69) is 0 Å². The normalized spacial score (nSPS) is 15.6. The second-order valence-electron chi connectivity index (χ2n) is 5.79. The molecular weight excluding hydrogens is 278 g/mol. The maximum Gasteiger partial charge on any atom is 0.222 e. The topological polar surface area (TPSA) is 46.6 Å². The Morgan fingerprint density at radius 3 is 2.55 bits per heavy atom. The van der Waals surface area contributed by atoms with E-state index in [1.165, 1.54) is 0 Å². The largest absolute Gasteiger partial charge is 0.496 e. The number of methoxy groups -OCH3 is 1. The Labute approximate surface area is 132 Å². The Kier molecular flexibility index (Phi) is 5.99. The fraction of sp³-hybridized carbons (Fsp3) is 0.556. The van der Waals surface area contributed by atoms with Gasteiger partial charge in [-0.2, -0.15) is 0 Å². The van der Waals surface area contributed by atoms with E-state index in [-0.39, 0.29) is 11.8 Å². The number of carbonyl (C=O) groups excluding carboxylic acids is 2. The van der Waals surface area contributed by atoms with E-state index in [0.717, 1.165) is 24.2 Å². The first-order valence-electron chi connectivity index (χ1n) is 8.08. The molecule has 22 heavy (non-hydrogen) atoms. The summed E-state index contributed by atoms with van der Waals surface area (Å²) in [5.74, 6) is 1.50. The first kappa shape index (κ1) is 16.5. The third-order valence-corrected chi connectivity index (χ3v) is 4.45. The molecular formula is C18H25NO3. The van der Waals surface area contributed by atoms with Gasteiger partial charge < -0.3 is 9.64 Å². The molecule has 1 fully saturated rings. The Morgan fingerprint density at radius 2 is 1.91 bits per heavy atom. The lowest BCUT2D eigenvalue weighted by atomic mass is 9.91. The minimum absolute atomic E-state index is 0.156. The molecule has 0 aliphatic carbocycles. The van der Waals surface area contributed by atoms with Gasteiger partial charge in [-0.05, 0) is 30.9 Å². The van der Waals surface area contributed by atoms with E-state index in [0.29, 0.717) is 38.1 Å². The predicted molar refractivity (Wildman–Crippen MR) is 85.9 cm³/mol. The van der Waals surface area contributed by atoms with Crippen LogP contribution >= 0.6 is 0 Å². The first-order valence-corrected chi connectivity index (χ1v) is 8.08. The number of Topliss-reactive ketones (excluding diaryl/α,β-unsaturated/α-hetero) is 1. The number of aryl methyl sites for hydroxylation is 1. The quantitative estimate of drug-likeness (QED) is 0.812. The number of piperidine rings is 1. The molecule has 1 aromatic carbocycles. The van der Waals surface area contributed by atoms with Crippen molar-refractivity contribution in [3.05, 3.63) is 29.8 Å². The highest BCUT2D eigenvalue weighted by molar-refractivity contribution is 5.81. The molecule has 1 saturated heterocycles. The monoisotopic (exact) mass is 303 g/mol. The summed E-state index contributed by atoms with van der Waals surface area (Å²) in [5, 5.41) is 0. The van der Waals surface area contributed by atoms with Crippen LogP contribution in [0.1, 0.15) is 38.2 Å². The minimum atomic E-state index is 0.156. The predicted octanol–water partition coefficient (Wildman–Crippen LogP) is 2.85. The molecule has 2 rings (SSSR count). The van der Waals surface area contributed by atoms with Gasteiger partial charge in [-0.1, -0.05) is 25.1 Å². The standard InChI is InChI=1S/C18H25NO3/c1-3-16(20)14-10-12-19(13-11-14)18(21)9-8-15-6-4-5-7-17(15)22-2/h4-7,14H,3,8-13H2,1-2H3. The minimum Gasteiger partial charge on any atom is -0.496 e. The number of amides is 1. The van der Waals surface area contributed by atoms with Crippen LogP contribution in [-0.2, 0) is 16.0 Å². The first-order chi connectivity index (χ1) is 10.7. The van der Waals surface area contributed by atoms with Gasteiger partial charge in [0, 0.05) is 31.8 Å². The third-order valence-electron chi connectivity index (χ3n) is 4.45. The lowest BCUT2D eigenvalue weighted by Gasteiger charge is -2.31. The van der Waals surface area contributed by atoms with Gasteiger partial charge in [-0.15, -0.1) is 0 Å². The summed E-state index contributed by atoms with van der Waals surface area (Å²) in [6, 6.07) is 7.81. The van der Waals surface area contributed by atoms with Crippen LogP contribution in [0.3, 0.4) is 0 Å². The van der Waals surface area contributed by atoms with E-state index in [9.17, 15) is 9.59 Å². The molecule has 0 N–H and O–H groups in total. The van der Waals surface area contributed by atoms with Gasteiger partial charge in [0.05, 0.1) is 7.11 Å². The fourth-order valence-corrected chi connectivity index (χ4v) is 3.05. The second kappa shape index (κ2) is 7.97. The number of likely N-dealkylation sites (tertiary alicyclic amines) is 1. The highest BCUT2D eigenvalue weighted by Crippen LogP contribution is 2.22. The van der Waals surface area contributed by atoms with Gasteiger partial charge in [-0.25, -0.2) is 0 Å². The van der Waals surface area contributed by atoms with E-state index in [1.807, 2.05) is 36.1 Å². The summed E-state index contributed by atoms with van der Waals surface area (Å²) in [5.41, 5.74) is 1.06. The van der Waals surface area contributed by atoms with Crippen LogP contribution in [0, 0.1) is 5.92 Å². The van der Waals surface area contributed by atoms with Crippen molar-refractivity contribution in [3.8, 4) is 5.75 Å². The lowest BCUT2D eigenvalue weighted by molar-refractivity contribution is -0.135. The molecule has 4 nitrogen and oxygen atoms in total. The molecule has 1 aliphatic heterocycles. The Morgan fingerprint density at radius 1 is 1.23 bits per heavy atom. The maximum absolute atomic E-state index is 12.3. The molecule has 4 heteroatoms. The number of ketones is 1. The van der Waals surface area contributed by atoms with Crippen molar-refractivity contribution in [2.75, 3.05) is 20.2 Å². The molecule has 0 unspecified atom stereocenters. The summed E-state index contributed by atoms with van der Waals surface area (Å²) in [6.07, 6.45) is 3.41. The Hall–Kier alpha value is -1.84. The van der Waals surface area contributed by atoms with Gasteiger partial charge in [0.25, 0.3) is 0 Å². The van der Waals surface area contributed by atoms with Crippen LogP contribution in [0.15, 0.2) is 24.3 Å². The van der Waals surface area contributed by atoms with E-state index < -0.39 is 0 Å². The van der Waals surface area contributed by atoms with E-state index >= 15 is 0 Å². The summed E-state index contributed by atoms with van der Waals surface area (Å²) in [4.78, 5) is 25.9. The Bertz CT molecular complexity index is 519. The summed E-state index contributed by atoms with van der Waals surface area (Å²) < 4.78 is 5.31. The zero-order chi connectivity index (χ0) is 15.9. The number of hydrogen-bond donors (Lipinski definition) is 0. The van der Waals surface area contributed by atoms with E-state index in [4.69, 9.17) is 4.74 Å². The highest BCUT2D eigenvalue weighted by Gasteiger charge is 2.26. The van der Waals surface area contributed by atoms with Gasteiger partial charge in [-0.3, -0.25) is 9.59 Å². The molecule has 1 heterocycles. The molecule has 0 atom stereocenters. The smallest absolute Gasteiger partial charge is 0.222 e. The molecule has 0 aromatic heterocycles. The third kappa shape index (κ3) is 4.09. The molecule has 1 aromatic rings. The fourth-order valence-electron chi connectivity index (χ4n) is 3.05. The van der Waals surface area contributed by atoms with Crippen LogP contribution in [-0.4, -0.2) is 36.8 Å². The number of carbonyl (C=O) groups is 2. The molecule has 1 aliphatic rings. The van der Waals surface area contributed by atoms with Crippen molar-refractivity contribution in [3.63, 3.8) is 0 Å². The molecule has 0 radical (unpaired) electrons. The van der Waals surface area contributed by atoms with Gasteiger partial charge in [0.15, 0.2) is 0 Å². The van der Waals surface area contributed by atoms with Crippen molar-refractivity contribution < 1.29 is 14.3 Å². The Balaban J connectivity index is 1.82. The van der Waals surface area contributed by atoms with Crippen LogP contribution < -0.4 is 4.74 Å². The summed E-state index contributed by atoms with van der Waals surface area (Å²) in [6.45, 7) is 3.33. The van der Waals surface area contributed by atoms with Gasteiger partial charge >= 0.3 is 0 Å². The van der Waals surface area contributed by atoms with Crippen LogP contribution in [0.2, 0.25) is 0 Å². The molecule has 0 saturated carbocycles. The SMILES string of the molecule is CCC(=O)C1CCN(C(=O)CCc2ccccc2OC)CC1. The van der Waals surface area contributed by atoms with Crippen molar-refractivity contribution in [2.24, 2.45) is 5.92 Å². The summed E-state index contributed by atoms with van der Waals surface area (Å²) >= 11 is 0. The van der Waals surface area contributed by atoms with Crippen molar-refractivity contribution >= 4 is 11.7 Å². The number of benzene rings is 1. The van der Waals surface area contributed by atoms with Gasteiger partial charge in [0.1, 0.15) is 11.5 Å². The number of nitrogens with zero attached hydrogens (tertiary/aromatic N) is 1. The van der Waals surface area contributed by atoms with E-state index in [1.54, 1.807) is 7.11 Å². The molecule has 1 amide bonds. The number of ether oxygens (including phenoxy) is 1. The number of para-hydroxylation sites is 1. The molecule has 0 spiro atoms. The highest BCUT2D eigenvalue weighted by atomic mass is 16.5. The average molecular weight is 303 g/mol. The zero-order valence-corrected chi connectivity index (χ0v) is 13.5. The number of rotatable bonds is 6. The zero-order valence-electron chi connectivity index (χ0n) is 13.5. The van der Waals surface area contributed by atoms with Crippen molar-refractivity contribution in [1.82, 2.24) is 4.90 Å². The van der Waals surface area contributed by atoms with Crippen LogP contribution in [0.5, 0.6) is 5.75 Å². The lowest BCUT2D eigenvalue weighted by Crippen LogP contribution is -2.40. The second-order valence-corrected chi connectivity index (χ2v) is 5.79. The van der Waals surface area contributed by atoms with Crippen LogP contribution in [0.4, 0.5) is 0 Å². The molecule has 0 bridgehead atoms. The van der Waals surface area contributed by atoms with Crippen molar-refractivity contribution in [2.45, 2.75) is 39.0 Å². The average Bonchev–Trinajstić information content (AvgIpc) is 2.59. The number of hydrogen-bond acceptors (Lipinski definition) is 3. The summed E-state index contributed by atoms with van der Waals surface area (Å²) in [7, 11) is 1.65. The van der Waals surface area contributed by atoms with Crippen LogP contribution in [0.25, 0.3) is 0 Å².